The molecule has 0 spiro atoms. The summed E-state index contributed by atoms with van der Waals surface area (Å²) < 4.78 is 8.07. The molecule has 0 bridgehead atoms. The molecule has 4 heterocycles. The molecule has 0 radical (unpaired) electrons. The van der Waals surface area contributed by atoms with Gasteiger partial charge in [-0.25, -0.2) is 19.9 Å². The fourth-order valence-corrected chi connectivity index (χ4v) is 3.85. The summed E-state index contributed by atoms with van der Waals surface area (Å²) in [5.74, 6) is 0.957. The van der Waals surface area contributed by atoms with E-state index in [0.717, 1.165) is 35.4 Å². The Hall–Kier alpha value is -2.32. The van der Waals surface area contributed by atoms with Crippen LogP contribution in [0.4, 0.5) is 5.95 Å². The zero-order valence-corrected chi connectivity index (χ0v) is 15.1. The first-order valence-electron chi connectivity index (χ1n) is 8.21. The number of imidazole rings is 1. The molecule has 4 rings (SSSR count). The smallest absolute Gasteiger partial charge is 0.225 e. The van der Waals surface area contributed by atoms with Gasteiger partial charge in [0.1, 0.15) is 0 Å². The number of rotatable bonds is 5. The van der Waals surface area contributed by atoms with Crippen molar-refractivity contribution in [3.05, 3.63) is 52.3 Å². The van der Waals surface area contributed by atoms with Crippen LogP contribution in [0.1, 0.15) is 28.0 Å². The molecule has 0 unspecified atom stereocenters. The maximum Gasteiger partial charge on any atom is 0.225 e. The van der Waals surface area contributed by atoms with Crippen LogP contribution in [0.25, 0.3) is 0 Å². The lowest BCUT2D eigenvalue weighted by molar-refractivity contribution is 0.102. The van der Waals surface area contributed by atoms with Gasteiger partial charge >= 0.3 is 0 Å². The SMILES string of the molecule is Cc1nc(COC[C@@H]2CN(c3ncccn3)Cc3ncn(C)c32)cs1. The van der Waals surface area contributed by atoms with Gasteiger partial charge < -0.3 is 14.2 Å². The van der Waals surface area contributed by atoms with E-state index < -0.39 is 0 Å². The van der Waals surface area contributed by atoms with Gasteiger partial charge in [0.25, 0.3) is 0 Å². The Morgan fingerprint density at radius 3 is 2.88 bits per heavy atom. The number of aryl methyl sites for hydroxylation is 2. The number of hydrogen-bond acceptors (Lipinski definition) is 7. The highest BCUT2D eigenvalue weighted by molar-refractivity contribution is 7.09. The molecule has 8 heteroatoms. The summed E-state index contributed by atoms with van der Waals surface area (Å²) in [6.07, 6.45) is 5.41. The summed E-state index contributed by atoms with van der Waals surface area (Å²) in [7, 11) is 2.04. The topological polar surface area (TPSA) is 69.0 Å². The second kappa shape index (κ2) is 6.89. The van der Waals surface area contributed by atoms with Crippen molar-refractivity contribution in [1.29, 1.82) is 0 Å². The molecule has 0 saturated carbocycles. The van der Waals surface area contributed by atoms with Crippen molar-refractivity contribution in [3.8, 4) is 0 Å². The quantitative estimate of drug-likeness (QED) is 0.699. The zero-order chi connectivity index (χ0) is 17.2. The van der Waals surface area contributed by atoms with E-state index in [4.69, 9.17) is 4.74 Å². The number of anilines is 1. The van der Waals surface area contributed by atoms with Gasteiger partial charge in [0.2, 0.25) is 5.95 Å². The van der Waals surface area contributed by atoms with Crippen LogP contribution in [0, 0.1) is 6.92 Å². The number of thiazole rings is 1. The molecule has 0 N–H and O–H groups in total. The van der Waals surface area contributed by atoms with Crippen molar-refractivity contribution in [2.75, 3.05) is 18.1 Å². The summed E-state index contributed by atoms with van der Waals surface area (Å²) in [5, 5.41) is 3.12. The zero-order valence-electron chi connectivity index (χ0n) is 14.3. The molecule has 1 aliphatic heterocycles. The number of aromatic nitrogens is 5. The normalized spacial score (nSPS) is 16.9. The first-order chi connectivity index (χ1) is 12.2. The van der Waals surface area contributed by atoms with Crippen molar-refractivity contribution in [3.63, 3.8) is 0 Å². The van der Waals surface area contributed by atoms with Gasteiger partial charge in [-0.2, -0.15) is 0 Å². The van der Waals surface area contributed by atoms with Gasteiger partial charge in [0.15, 0.2) is 0 Å². The Balaban J connectivity index is 1.49. The van der Waals surface area contributed by atoms with E-state index in [0.29, 0.717) is 13.2 Å². The van der Waals surface area contributed by atoms with Crippen LogP contribution in [-0.2, 0) is 24.9 Å². The molecule has 0 amide bonds. The number of fused-ring (bicyclic) bond motifs is 1. The predicted octanol–water partition coefficient (Wildman–Crippen LogP) is 2.30. The van der Waals surface area contributed by atoms with Crippen LogP contribution >= 0.6 is 11.3 Å². The Kier molecular flexibility index (Phi) is 4.46. The van der Waals surface area contributed by atoms with Crippen molar-refractivity contribution in [1.82, 2.24) is 24.5 Å². The van der Waals surface area contributed by atoms with Crippen LogP contribution < -0.4 is 4.90 Å². The first kappa shape index (κ1) is 16.2. The average molecular weight is 356 g/mol. The highest BCUT2D eigenvalue weighted by Gasteiger charge is 2.30. The van der Waals surface area contributed by atoms with E-state index in [1.165, 1.54) is 5.69 Å². The van der Waals surface area contributed by atoms with E-state index in [2.05, 4.69) is 34.8 Å². The largest absolute Gasteiger partial charge is 0.374 e. The lowest BCUT2D eigenvalue weighted by atomic mass is 9.99. The van der Waals surface area contributed by atoms with Crippen LogP contribution in [0.5, 0.6) is 0 Å². The third kappa shape index (κ3) is 3.40. The minimum absolute atomic E-state index is 0.222. The summed E-state index contributed by atoms with van der Waals surface area (Å²) in [6, 6.07) is 1.83. The summed E-state index contributed by atoms with van der Waals surface area (Å²) in [4.78, 5) is 19.9. The molecule has 3 aromatic rings. The van der Waals surface area contributed by atoms with E-state index >= 15 is 0 Å². The van der Waals surface area contributed by atoms with Crippen molar-refractivity contribution in [2.45, 2.75) is 26.0 Å². The molecule has 0 aromatic carbocycles. The van der Waals surface area contributed by atoms with E-state index in [1.807, 2.05) is 26.4 Å². The second-order valence-electron chi connectivity index (χ2n) is 6.19. The summed E-state index contributed by atoms with van der Waals surface area (Å²) in [6.45, 7) is 4.70. The maximum atomic E-state index is 5.97. The van der Waals surface area contributed by atoms with Gasteiger partial charge in [-0.05, 0) is 13.0 Å². The molecular weight excluding hydrogens is 336 g/mol. The highest BCUT2D eigenvalue weighted by atomic mass is 32.1. The Morgan fingerprint density at radius 2 is 2.12 bits per heavy atom. The third-order valence-corrected chi connectivity index (χ3v) is 5.12. The molecule has 0 aliphatic carbocycles. The number of ether oxygens (including phenoxy) is 1. The predicted molar refractivity (Wildman–Crippen MR) is 95.5 cm³/mol. The van der Waals surface area contributed by atoms with Crippen molar-refractivity contribution >= 4 is 17.3 Å². The summed E-state index contributed by atoms with van der Waals surface area (Å²) in [5.41, 5.74) is 3.30. The molecule has 25 heavy (non-hydrogen) atoms. The monoisotopic (exact) mass is 356 g/mol. The minimum Gasteiger partial charge on any atom is -0.374 e. The van der Waals surface area contributed by atoms with Crippen molar-refractivity contribution in [2.24, 2.45) is 7.05 Å². The fraction of sp³-hybridized carbons (Fsp3) is 0.412. The van der Waals surface area contributed by atoms with Crippen LogP contribution in [0.2, 0.25) is 0 Å². The van der Waals surface area contributed by atoms with Crippen LogP contribution in [-0.4, -0.2) is 37.7 Å². The van der Waals surface area contributed by atoms with Crippen molar-refractivity contribution < 1.29 is 4.74 Å². The van der Waals surface area contributed by atoms with Gasteiger partial charge in [-0.1, -0.05) is 0 Å². The standard InChI is InChI=1S/C17H20N6OS/c1-12-21-14(10-25-12)9-24-8-13-6-23(17-18-4-3-5-19-17)7-15-16(13)22(2)11-20-15/h3-5,10-11,13H,6-9H2,1-2H3/t13-/m0/s1. The maximum absolute atomic E-state index is 5.97. The molecule has 0 fully saturated rings. The number of hydrogen-bond donors (Lipinski definition) is 0. The highest BCUT2D eigenvalue weighted by Crippen LogP contribution is 2.29. The van der Waals surface area contributed by atoms with Gasteiger partial charge in [0, 0.05) is 43.0 Å². The first-order valence-corrected chi connectivity index (χ1v) is 9.09. The second-order valence-corrected chi connectivity index (χ2v) is 7.25. The molecule has 1 aliphatic rings. The van der Waals surface area contributed by atoms with Gasteiger partial charge in [-0.15, -0.1) is 11.3 Å². The number of nitrogens with zero attached hydrogens (tertiary/aromatic N) is 6. The van der Waals surface area contributed by atoms with Crippen LogP contribution in [0.15, 0.2) is 30.2 Å². The van der Waals surface area contributed by atoms with E-state index in [1.54, 1.807) is 23.7 Å². The molecule has 130 valence electrons. The summed E-state index contributed by atoms with van der Waals surface area (Å²) >= 11 is 1.65. The fourth-order valence-electron chi connectivity index (χ4n) is 3.25. The lowest BCUT2D eigenvalue weighted by Crippen LogP contribution is -2.37. The molecular formula is C17H20N6OS. The Bertz CT molecular complexity index is 846. The lowest BCUT2D eigenvalue weighted by Gasteiger charge is -2.32. The van der Waals surface area contributed by atoms with Gasteiger partial charge in [0.05, 0.1) is 42.5 Å². The Morgan fingerprint density at radius 1 is 1.28 bits per heavy atom. The Labute approximate surface area is 150 Å². The molecule has 7 nitrogen and oxygen atoms in total. The van der Waals surface area contributed by atoms with E-state index in [-0.39, 0.29) is 5.92 Å². The van der Waals surface area contributed by atoms with E-state index in [9.17, 15) is 0 Å². The average Bonchev–Trinajstić information content (AvgIpc) is 3.21. The molecule has 3 aromatic heterocycles. The van der Waals surface area contributed by atoms with Crippen LogP contribution in [0.3, 0.4) is 0 Å². The van der Waals surface area contributed by atoms with Gasteiger partial charge in [-0.3, -0.25) is 0 Å². The third-order valence-electron chi connectivity index (χ3n) is 4.30. The minimum atomic E-state index is 0.222. The molecule has 0 saturated heterocycles. The molecule has 1 atom stereocenters.